The Balaban J connectivity index is 1.49. The molecule has 2 aliphatic carbocycles. The fourth-order valence-electron chi connectivity index (χ4n) is 5.82. The lowest BCUT2D eigenvalue weighted by Crippen LogP contribution is -2.35. The van der Waals surface area contributed by atoms with E-state index in [1.54, 1.807) is 0 Å². The second kappa shape index (κ2) is 7.87. The summed E-state index contributed by atoms with van der Waals surface area (Å²) in [5, 5.41) is 3.52. The Kier molecular flexibility index (Phi) is 4.72. The summed E-state index contributed by atoms with van der Waals surface area (Å²) in [6.45, 7) is 0. The number of nitrogens with zero attached hydrogens (tertiary/aromatic N) is 1. The lowest BCUT2D eigenvalue weighted by Gasteiger charge is -2.45. The van der Waals surface area contributed by atoms with E-state index in [-0.39, 0.29) is 5.41 Å². The Morgan fingerprint density at radius 3 is 2.06 bits per heavy atom. The van der Waals surface area contributed by atoms with Gasteiger partial charge in [-0.15, -0.1) is 0 Å². The van der Waals surface area contributed by atoms with Crippen LogP contribution >= 0.6 is 0 Å². The van der Waals surface area contributed by atoms with Crippen LogP contribution in [0.4, 0.5) is 17.1 Å². The molecular weight excluding hydrogens is 388 g/mol. The summed E-state index contributed by atoms with van der Waals surface area (Å²) >= 11 is 0. The van der Waals surface area contributed by atoms with Crippen molar-refractivity contribution in [3.8, 4) is 0 Å². The molecule has 0 atom stereocenters. The molecule has 1 saturated carbocycles. The molecule has 1 aliphatic heterocycles. The largest absolute Gasteiger partial charge is 0.361 e. The summed E-state index contributed by atoms with van der Waals surface area (Å²) in [6.07, 6.45) is 14.9. The molecule has 0 bridgehead atoms. The van der Waals surface area contributed by atoms with Crippen molar-refractivity contribution in [3.05, 3.63) is 126 Å². The Bertz CT molecular complexity index is 1180. The van der Waals surface area contributed by atoms with Gasteiger partial charge in [0.05, 0.1) is 17.1 Å². The average Bonchev–Trinajstić information content (AvgIpc) is 3.35. The molecular formula is C30H28N2. The molecule has 3 aromatic carbocycles. The molecule has 0 aromatic heterocycles. The van der Waals surface area contributed by atoms with Gasteiger partial charge >= 0.3 is 0 Å². The van der Waals surface area contributed by atoms with Crippen molar-refractivity contribution in [1.82, 2.24) is 0 Å². The van der Waals surface area contributed by atoms with Crippen molar-refractivity contribution in [2.45, 2.75) is 37.5 Å². The summed E-state index contributed by atoms with van der Waals surface area (Å²) in [5.74, 6) is 0. The molecule has 1 heterocycles. The summed E-state index contributed by atoms with van der Waals surface area (Å²) in [5.41, 5.74) is 9.45. The van der Waals surface area contributed by atoms with Gasteiger partial charge in [-0.1, -0.05) is 79.6 Å². The number of rotatable bonds is 3. The number of hydrogen-bond acceptors (Lipinski definition) is 2. The lowest BCUT2D eigenvalue weighted by atomic mass is 9.69. The zero-order valence-corrected chi connectivity index (χ0v) is 18.3. The van der Waals surface area contributed by atoms with Crippen molar-refractivity contribution in [2.24, 2.45) is 0 Å². The van der Waals surface area contributed by atoms with E-state index in [1.807, 2.05) is 6.07 Å². The molecule has 3 aromatic rings. The molecule has 3 aliphatic rings. The Morgan fingerprint density at radius 2 is 1.38 bits per heavy atom. The molecule has 0 saturated heterocycles. The number of para-hydroxylation sites is 3. The topological polar surface area (TPSA) is 15.3 Å². The molecule has 2 nitrogen and oxygen atoms in total. The zero-order chi connectivity index (χ0) is 21.4. The van der Waals surface area contributed by atoms with Gasteiger partial charge < -0.3 is 10.2 Å². The molecule has 32 heavy (non-hydrogen) atoms. The molecule has 0 radical (unpaired) electrons. The molecule has 1 fully saturated rings. The second-order valence-electron chi connectivity index (χ2n) is 9.02. The first kappa shape index (κ1) is 19.2. The molecule has 1 spiro atoms. The maximum atomic E-state index is 3.52. The van der Waals surface area contributed by atoms with Gasteiger partial charge in [-0.3, -0.25) is 0 Å². The highest BCUT2D eigenvalue weighted by Gasteiger charge is 2.45. The highest BCUT2D eigenvalue weighted by molar-refractivity contribution is 5.83. The molecule has 0 amide bonds. The third kappa shape index (κ3) is 3.02. The Labute approximate surface area is 190 Å². The van der Waals surface area contributed by atoms with Gasteiger partial charge in [0.2, 0.25) is 0 Å². The minimum atomic E-state index is 0.154. The van der Waals surface area contributed by atoms with Gasteiger partial charge in [0.1, 0.15) is 0 Å². The predicted octanol–water partition coefficient (Wildman–Crippen LogP) is 7.84. The molecule has 158 valence electrons. The lowest BCUT2D eigenvalue weighted by molar-refractivity contribution is 0.529. The second-order valence-corrected chi connectivity index (χ2v) is 9.02. The molecule has 0 unspecified atom stereocenters. The van der Waals surface area contributed by atoms with Gasteiger partial charge in [0.15, 0.2) is 0 Å². The van der Waals surface area contributed by atoms with Crippen LogP contribution in [0, 0.1) is 0 Å². The highest BCUT2D eigenvalue weighted by Crippen LogP contribution is 2.57. The SMILES string of the molecule is C1=CCC(=CNc2ccccc2)C(N2c3ccccc3C3(CCCC3)c3ccccc32)=C1. The summed E-state index contributed by atoms with van der Waals surface area (Å²) in [6, 6.07) is 28.6. The van der Waals surface area contributed by atoms with Gasteiger partial charge in [-0.25, -0.2) is 0 Å². The van der Waals surface area contributed by atoms with Gasteiger partial charge in [-0.2, -0.15) is 0 Å². The summed E-state index contributed by atoms with van der Waals surface area (Å²) in [4.78, 5) is 2.50. The van der Waals surface area contributed by atoms with Crippen LogP contribution in [0.1, 0.15) is 43.2 Å². The van der Waals surface area contributed by atoms with Crippen LogP contribution in [-0.2, 0) is 5.41 Å². The summed E-state index contributed by atoms with van der Waals surface area (Å²) in [7, 11) is 0. The van der Waals surface area contributed by atoms with Gasteiger partial charge in [0, 0.05) is 17.3 Å². The maximum Gasteiger partial charge on any atom is 0.0511 e. The van der Waals surface area contributed by atoms with Crippen LogP contribution < -0.4 is 10.2 Å². The first-order valence-corrected chi connectivity index (χ1v) is 11.7. The van der Waals surface area contributed by atoms with Crippen LogP contribution in [-0.4, -0.2) is 0 Å². The van der Waals surface area contributed by atoms with E-state index in [9.17, 15) is 0 Å². The monoisotopic (exact) mass is 416 g/mol. The van der Waals surface area contributed by atoms with Gasteiger partial charge in [-0.05, 0) is 66.3 Å². The molecule has 1 N–H and O–H groups in total. The maximum absolute atomic E-state index is 3.52. The van der Waals surface area contributed by atoms with E-state index in [1.165, 1.54) is 59.5 Å². The van der Waals surface area contributed by atoms with Crippen molar-refractivity contribution < 1.29 is 0 Å². The Hall–Kier alpha value is -3.52. The number of fused-ring (bicyclic) bond motifs is 4. The van der Waals surface area contributed by atoms with Crippen molar-refractivity contribution in [3.63, 3.8) is 0 Å². The average molecular weight is 417 g/mol. The summed E-state index contributed by atoms with van der Waals surface area (Å²) < 4.78 is 0. The Morgan fingerprint density at radius 1 is 0.750 bits per heavy atom. The van der Waals surface area contributed by atoms with E-state index >= 15 is 0 Å². The third-order valence-corrected chi connectivity index (χ3v) is 7.26. The van der Waals surface area contributed by atoms with E-state index in [0.717, 1.165) is 12.1 Å². The van der Waals surface area contributed by atoms with E-state index in [2.05, 4.69) is 107 Å². The van der Waals surface area contributed by atoms with E-state index in [0.29, 0.717) is 0 Å². The number of benzene rings is 3. The fourth-order valence-corrected chi connectivity index (χ4v) is 5.82. The quantitative estimate of drug-likeness (QED) is 0.468. The zero-order valence-electron chi connectivity index (χ0n) is 18.3. The first-order chi connectivity index (χ1) is 15.9. The number of hydrogen-bond donors (Lipinski definition) is 1. The van der Waals surface area contributed by atoms with E-state index < -0.39 is 0 Å². The fraction of sp³-hybridized carbons (Fsp3) is 0.200. The first-order valence-electron chi connectivity index (χ1n) is 11.7. The smallest absolute Gasteiger partial charge is 0.0511 e. The highest BCUT2D eigenvalue weighted by atomic mass is 15.2. The minimum absolute atomic E-state index is 0.154. The van der Waals surface area contributed by atoms with Crippen LogP contribution in [0.25, 0.3) is 0 Å². The normalized spacial score (nSPS) is 19.6. The van der Waals surface area contributed by atoms with Crippen molar-refractivity contribution in [2.75, 3.05) is 10.2 Å². The molecule has 2 heteroatoms. The van der Waals surface area contributed by atoms with Crippen molar-refractivity contribution >= 4 is 17.1 Å². The standard InChI is InChI=1S/C30H28N2/c1-2-13-24(14-3-1)31-22-23-12-4-7-17-27(23)32-28-18-8-5-15-25(28)30(20-10-11-21-30)26-16-6-9-19-29(26)32/h1-9,13-19,22,31H,10-12,20-21H2. The molecule has 6 rings (SSSR count). The number of allylic oxidation sites excluding steroid dienone is 4. The van der Waals surface area contributed by atoms with E-state index in [4.69, 9.17) is 0 Å². The third-order valence-electron chi connectivity index (χ3n) is 7.26. The van der Waals surface area contributed by atoms with Gasteiger partial charge in [0.25, 0.3) is 0 Å². The number of anilines is 3. The van der Waals surface area contributed by atoms with Crippen LogP contribution in [0.3, 0.4) is 0 Å². The number of nitrogens with one attached hydrogen (secondary N) is 1. The van der Waals surface area contributed by atoms with Crippen LogP contribution in [0.2, 0.25) is 0 Å². The van der Waals surface area contributed by atoms with Crippen molar-refractivity contribution in [1.29, 1.82) is 0 Å². The van der Waals surface area contributed by atoms with Crippen LogP contribution in [0.15, 0.2) is 115 Å². The van der Waals surface area contributed by atoms with Crippen LogP contribution in [0.5, 0.6) is 0 Å². The minimum Gasteiger partial charge on any atom is -0.361 e. The predicted molar refractivity (Wildman–Crippen MR) is 134 cm³/mol.